The quantitative estimate of drug-likeness (QED) is 0.208. The minimum atomic E-state index is -0.968. The normalized spacial score (nSPS) is 14.4. The Balaban J connectivity index is 1.55. The summed E-state index contributed by atoms with van der Waals surface area (Å²) in [6.45, 7) is 0.170. The molecule has 0 amide bonds. The minimum Gasteiger partial charge on any atom is -0.455 e. The number of nitrogens with one attached hydrogen (secondary N) is 1. The van der Waals surface area contributed by atoms with Crippen LogP contribution >= 0.6 is 0 Å². The van der Waals surface area contributed by atoms with Crippen molar-refractivity contribution in [3.05, 3.63) is 95.7 Å². The average Bonchev–Trinajstić information content (AvgIpc) is 3.01. The summed E-state index contributed by atoms with van der Waals surface area (Å²) >= 11 is 0. The summed E-state index contributed by atoms with van der Waals surface area (Å²) in [6.07, 6.45) is 3.40. The third kappa shape index (κ3) is 4.78. The monoisotopic (exact) mass is 490 g/mol. The van der Waals surface area contributed by atoms with Crippen molar-refractivity contribution >= 4 is 5.84 Å². The van der Waals surface area contributed by atoms with E-state index in [4.69, 9.17) is 20.6 Å². The number of nitrogens with two attached hydrogens (primary N) is 1. The molecule has 1 aliphatic rings. The fraction of sp³-hybridized carbons (Fsp3) is 0.148. The molecule has 2 aromatic heterocycles. The van der Waals surface area contributed by atoms with Gasteiger partial charge in [0, 0.05) is 28.8 Å². The van der Waals surface area contributed by atoms with Crippen molar-refractivity contribution in [2.45, 2.75) is 12.3 Å². The van der Waals surface area contributed by atoms with Crippen molar-refractivity contribution in [3.63, 3.8) is 0 Å². The van der Waals surface area contributed by atoms with E-state index in [1.54, 1.807) is 30.3 Å². The highest BCUT2D eigenvalue weighted by molar-refractivity contribution is 5.78. The maximum atomic E-state index is 14.3. The first-order valence-electron chi connectivity index (χ1n) is 11.2. The molecule has 0 aliphatic carbocycles. The highest BCUT2D eigenvalue weighted by Gasteiger charge is 2.26. The Morgan fingerprint density at radius 1 is 1.00 bits per heavy atom. The molecule has 0 saturated carbocycles. The van der Waals surface area contributed by atoms with Gasteiger partial charge in [0.15, 0.2) is 11.6 Å². The van der Waals surface area contributed by atoms with E-state index in [9.17, 15) is 13.2 Å². The maximum absolute atomic E-state index is 14.3. The molecule has 5 rings (SSSR count). The van der Waals surface area contributed by atoms with Crippen LogP contribution in [0.4, 0.5) is 13.2 Å². The molecule has 0 saturated heterocycles. The van der Waals surface area contributed by atoms with E-state index in [1.807, 2.05) is 6.07 Å². The van der Waals surface area contributed by atoms with Gasteiger partial charge in [-0.3, -0.25) is 10.4 Å². The molecular formula is C27H21F3N4O2. The third-order valence-corrected chi connectivity index (χ3v) is 5.95. The number of fused-ring (bicyclic) bond motifs is 2. The van der Waals surface area contributed by atoms with Crippen molar-refractivity contribution in [1.82, 2.24) is 9.97 Å². The highest BCUT2D eigenvalue weighted by atomic mass is 19.2. The van der Waals surface area contributed by atoms with Gasteiger partial charge in [0.05, 0.1) is 18.5 Å². The maximum Gasteiger partial charge on any atom is 0.220 e. The van der Waals surface area contributed by atoms with Gasteiger partial charge in [-0.2, -0.15) is 4.39 Å². The fourth-order valence-electron chi connectivity index (χ4n) is 4.24. The summed E-state index contributed by atoms with van der Waals surface area (Å²) in [4.78, 5) is 8.13. The van der Waals surface area contributed by atoms with Gasteiger partial charge in [-0.25, -0.2) is 13.8 Å². The highest BCUT2D eigenvalue weighted by Crippen LogP contribution is 2.42. The molecule has 4 aromatic rings. The Hall–Kier alpha value is -4.24. The van der Waals surface area contributed by atoms with E-state index >= 15 is 0 Å². The largest absolute Gasteiger partial charge is 0.455 e. The van der Waals surface area contributed by atoms with Crippen LogP contribution in [0, 0.1) is 23.0 Å². The minimum absolute atomic E-state index is 0.0401. The second-order valence-corrected chi connectivity index (χ2v) is 8.44. The fourth-order valence-corrected chi connectivity index (χ4v) is 4.24. The number of halogens is 3. The van der Waals surface area contributed by atoms with E-state index in [1.165, 1.54) is 18.5 Å². The molecule has 1 atom stereocenters. The van der Waals surface area contributed by atoms with Gasteiger partial charge in [-0.15, -0.1) is 0 Å². The molecule has 0 fully saturated rings. The van der Waals surface area contributed by atoms with Crippen LogP contribution < -0.4 is 10.5 Å². The predicted octanol–water partition coefficient (Wildman–Crippen LogP) is 5.61. The third-order valence-electron chi connectivity index (χ3n) is 5.95. The summed E-state index contributed by atoms with van der Waals surface area (Å²) in [6, 6.07) is 14.1. The van der Waals surface area contributed by atoms with Crippen LogP contribution in [-0.4, -0.2) is 29.0 Å². The number of hydrogen-bond acceptors (Lipinski definition) is 5. The van der Waals surface area contributed by atoms with Gasteiger partial charge >= 0.3 is 0 Å². The van der Waals surface area contributed by atoms with Gasteiger partial charge in [0.2, 0.25) is 5.95 Å². The zero-order valence-corrected chi connectivity index (χ0v) is 19.0. The molecule has 2 aromatic carbocycles. The first kappa shape index (κ1) is 23.5. The second-order valence-electron chi connectivity index (χ2n) is 8.44. The number of aromatic nitrogens is 2. The van der Waals surface area contributed by atoms with Crippen LogP contribution in [0.5, 0.6) is 11.5 Å². The van der Waals surface area contributed by atoms with Crippen molar-refractivity contribution in [2.24, 2.45) is 5.73 Å². The second kappa shape index (κ2) is 9.79. The Kier molecular flexibility index (Phi) is 6.39. The topological polar surface area (TPSA) is 94.1 Å². The number of amidine groups is 1. The zero-order chi connectivity index (χ0) is 25.2. The van der Waals surface area contributed by atoms with Crippen molar-refractivity contribution in [3.8, 4) is 33.9 Å². The van der Waals surface area contributed by atoms with Crippen molar-refractivity contribution < 1.29 is 22.6 Å². The standard InChI is InChI=1S/C27H21F3N4O2/c28-21-5-3-16(10-22(21)29)23-11-20-18(13-35-14-26(31)32)9-17-8-15(19-2-1-7-33-27(19)30)4-6-24(17)36-25(20)12-34-23/h1-8,10-12,18H,9,13-14H2,(H3,31,32). The van der Waals surface area contributed by atoms with Crippen molar-refractivity contribution in [2.75, 3.05) is 13.2 Å². The van der Waals surface area contributed by atoms with E-state index in [0.717, 1.165) is 23.3 Å². The Bertz CT molecular complexity index is 1460. The van der Waals surface area contributed by atoms with Gasteiger partial charge in [0.1, 0.15) is 23.9 Å². The van der Waals surface area contributed by atoms with Crippen LogP contribution in [0.2, 0.25) is 0 Å². The van der Waals surface area contributed by atoms with Crippen LogP contribution in [0.3, 0.4) is 0 Å². The lowest BCUT2D eigenvalue weighted by Gasteiger charge is -2.18. The molecule has 1 unspecified atom stereocenters. The summed E-state index contributed by atoms with van der Waals surface area (Å²) < 4.78 is 53.5. The Labute approximate surface area is 205 Å². The molecule has 6 nitrogen and oxygen atoms in total. The van der Waals surface area contributed by atoms with E-state index in [-0.39, 0.29) is 25.0 Å². The van der Waals surface area contributed by atoms with Crippen LogP contribution in [-0.2, 0) is 11.2 Å². The summed E-state index contributed by atoms with van der Waals surface area (Å²) in [7, 11) is 0. The predicted molar refractivity (Wildman–Crippen MR) is 128 cm³/mol. The lowest BCUT2D eigenvalue weighted by atomic mass is 9.91. The molecule has 3 N–H and O–H groups in total. The molecule has 36 heavy (non-hydrogen) atoms. The van der Waals surface area contributed by atoms with Crippen molar-refractivity contribution in [1.29, 1.82) is 5.41 Å². The first-order valence-corrected chi connectivity index (χ1v) is 11.2. The first-order chi connectivity index (χ1) is 17.4. The van der Waals surface area contributed by atoms with E-state index < -0.39 is 17.6 Å². The molecule has 9 heteroatoms. The molecule has 0 radical (unpaired) electrons. The van der Waals surface area contributed by atoms with Gasteiger partial charge in [-0.1, -0.05) is 6.07 Å². The SMILES string of the molecule is N=C(N)COCC1Cc2cc(-c3cccnc3F)ccc2Oc2cnc(-c3ccc(F)c(F)c3)cc21. The van der Waals surface area contributed by atoms with E-state index in [0.29, 0.717) is 40.3 Å². The van der Waals surface area contributed by atoms with Gasteiger partial charge in [-0.05, 0) is 66.1 Å². The number of benzene rings is 2. The smallest absolute Gasteiger partial charge is 0.220 e. The lowest BCUT2D eigenvalue weighted by molar-refractivity contribution is 0.153. The molecule has 0 spiro atoms. The average molecular weight is 490 g/mol. The number of pyridine rings is 2. The molecule has 0 bridgehead atoms. The summed E-state index contributed by atoms with van der Waals surface area (Å²) in [5.74, 6) is -1.77. The molecular weight excluding hydrogens is 469 g/mol. The Morgan fingerprint density at radius 2 is 1.83 bits per heavy atom. The Morgan fingerprint density at radius 3 is 2.61 bits per heavy atom. The number of rotatable bonds is 6. The lowest BCUT2D eigenvalue weighted by Crippen LogP contribution is -2.20. The van der Waals surface area contributed by atoms with Gasteiger partial charge in [0.25, 0.3) is 0 Å². The molecule has 1 aliphatic heterocycles. The van der Waals surface area contributed by atoms with Crippen LogP contribution in [0.1, 0.15) is 17.0 Å². The number of hydrogen-bond donors (Lipinski definition) is 2. The molecule has 3 heterocycles. The molecule has 182 valence electrons. The summed E-state index contributed by atoms with van der Waals surface area (Å²) in [5.41, 5.74) is 8.89. The van der Waals surface area contributed by atoms with Crippen LogP contribution in [0.25, 0.3) is 22.4 Å². The number of nitrogens with zero attached hydrogens (tertiary/aromatic N) is 2. The van der Waals surface area contributed by atoms with Gasteiger partial charge < -0.3 is 15.2 Å². The van der Waals surface area contributed by atoms with E-state index in [2.05, 4.69) is 9.97 Å². The number of ether oxygens (including phenoxy) is 2. The van der Waals surface area contributed by atoms with Crippen LogP contribution in [0.15, 0.2) is 67.0 Å². The summed E-state index contributed by atoms with van der Waals surface area (Å²) in [5, 5.41) is 7.45. The zero-order valence-electron chi connectivity index (χ0n) is 19.0.